The molecule has 1 rings (SSSR count). The zero-order valence-electron chi connectivity index (χ0n) is 11.4. The smallest absolute Gasteiger partial charge is 0.338 e. The highest BCUT2D eigenvalue weighted by Crippen LogP contribution is 2.29. The first-order valence-corrected chi connectivity index (χ1v) is 7.21. The van der Waals surface area contributed by atoms with E-state index in [0.29, 0.717) is 11.3 Å². The highest BCUT2D eigenvalue weighted by molar-refractivity contribution is 7.99. The van der Waals surface area contributed by atoms with Crippen LogP contribution in [0.25, 0.3) is 0 Å². The average molecular weight is 277 g/mol. The summed E-state index contributed by atoms with van der Waals surface area (Å²) in [5, 5.41) is 12.5. The Bertz CT molecular complexity index is 491. The van der Waals surface area contributed by atoms with Crippen molar-refractivity contribution in [2.45, 2.75) is 31.7 Å². The lowest BCUT2D eigenvalue weighted by atomic mass is 10.0. The van der Waals surface area contributed by atoms with Gasteiger partial charge in [-0.05, 0) is 23.8 Å². The number of anilines is 1. The summed E-state index contributed by atoms with van der Waals surface area (Å²) in [5.74, 6) is 2.78. The molecule has 0 fully saturated rings. The normalized spacial score (nSPS) is 11.9. The highest BCUT2D eigenvalue weighted by atomic mass is 32.2. The Morgan fingerprint density at radius 3 is 2.68 bits per heavy atom. The number of carboxylic acid groups (broad SMARTS) is 1. The first-order valence-electron chi connectivity index (χ1n) is 6.23. The molecule has 0 heterocycles. The van der Waals surface area contributed by atoms with Crippen LogP contribution in [0.1, 0.15) is 31.1 Å². The average Bonchev–Trinajstić information content (AvgIpc) is 2.35. The minimum atomic E-state index is -0.932. The van der Waals surface area contributed by atoms with E-state index >= 15 is 0 Å². The topological polar surface area (TPSA) is 49.3 Å². The molecule has 0 saturated heterocycles. The van der Waals surface area contributed by atoms with Crippen LogP contribution >= 0.6 is 11.8 Å². The lowest BCUT2D eigenvalue weighted by Gasteiger charge is -2.20. The molecular weight excluding hydrogens is 258 g/mol. The molecule has 1 unspecified atom stereocenters. The van der Waals surface area contributed by atoms with Crippen LogP contribution in [0.5, 0.6) is 0 Å². The molecule has 1 aromatic rings. The van der Waals surface area contributed by atoms with Gasteiger partial charge in [-0.2, -0.15) is 0 Å². The summed E-state index contributed by atoms with van der Waals surface area (Å²) in [5.41, 5.74) is 0.887. The number of carboxylic acids is 1. The van der Waals surface area contributed by atoms with E-state index < -0.39 is 5.97 Å². The number of aromatic carboxylic acids is 1. The van der Waals surface area contributed by atoms with Crippen LogP contribution in [0.2, 0.25) is 0 Å². The van der Waals surface area contributed by atoms with Gasteiger partial charge in [0.05, 0.1) is 17.3 Å². The first kappa shape index (κ1) is 15.5. The van der Waals surface area contributed by atoms with Crippen LogP contribution in [-0.4, -0.2) is 22.9 Å². The van der Waals surface area contributed by atoms with Crippen molar-refractivity contribution in [2.24, 2.45) is 5.92 Å². The van der Waals surface area contributed by atoms with Crippen LogP contribution in [0, 0.1) is 18.3 Å². The standard InChI is InChI=1S/C15H19NO2S/c1-5-11(10(3)4)16-12-8-7-9-13(19-6-2)14(12)15(17)18/h1,7-11,16H,6H2,2-4H3,(H,17,18). The second kappa shape index (κ2) is 7.10. The van der Waals surface area contributed by atoms with Gasteiger partial charge in [-0.25, -0.2) is 4.79 Å². The molecule has 0 saturated carbocycles. The number of nitrogens with one attached hydrogen (secondary N) is 1. The fourth-order valence-corrected chi connectivity index (χ4v) is 2.54. The lowest BCUT2D eigenvalue weighted by molar-refractivity contribution is 0.0694. The number of benzene rings is 1. The monoisotopic (exact) mass is 277 g/mol. The summed E-state index contributed by atoms with van der Waals surface area (Å²) in [6.07, 6.45) is 5.48. The van der Waals surface area contributed by atoms with Crippen molar-refractivity contribution < 1.29 is 9.90 Å². The van der Waals surface area contributed by atoms with E-state index in [0.717, 1.165) is 10.6 Å². The largest absolute Gasteiger partial charge is 0.478 e. The molecule has 0 amide bonds. The molecule has 0 aliphatic heterocycles. The van der Waals surface area contributed by atoms with Crippen LogP contribution in [0.15, 0.2) is 23.1 Å². The van der Waals surface area contributed by atoms with Gasteiger partial charge in [0.25, 0.3) is 0 Å². The molecule has 19 heavy (non-hydrogen) atoms. The van der Waals surface area contributed by atoms with E-state index in [2.05, 4.69) is 11.2 Å². The van der Waals surface area contributed by atoms with E-state index in [1.165, 1.54) is 11.8 Å². The molecule has 102 valence electrons. The second-order valence-electron chi connectivity index (χ2n) is 4.45. The fraction of sp³-hybridized carbons (Fsp3) is 0.400. The van der Waals surface area contributed by atoms with Crippen LogP contribution in [-0.2, 0) is 0 Å². The molecule has 0 aliphatic rings. The summed E-state index contributed by atoms with van der Waals surface area (Å²) in [6.45, 7) is 6.00. The van der Waals surface area contributed by atoms with Gasteiger partial charge in [-0.3, -0.25) is 0 Å². The quantitative estimate of drug-likeness (QED) is 0.616. The van der Waals surface area contributed by atoms with E-state index in [1.807, 2.05) is 32.9 Å². The van der Waals surface area contributed by atoms with E-state index in [-0.39, 0.29) is 12.0 Å². The van der Waals surface area contributed by atoms with Crippen LogP contribution in [0.4, 0.5) is 5.69 Å². The highest BCUT2D eigenvalue weighted by Gasteiger charge is 2.18. The molecule has 0 radical (unpaired) electrons. The zero-order valence-corrected chi connectivity index (χ0v) is 12.3. The maximum absolute atomic E-state index is 11.5. The predicted molar refractivity (Wildman–Crippen MR) is 80.9 cm³/mol. The maximum Gasteiger partial charge on any atom is 0.338 e. The van der Waals surface area contributed by atoms with Gasteiger partial charge in [0.2, 0.25) is 0 Å². The molecule has 1 aromatic carbocycles. The Labute approximate surface area is 118 Å². The molecule has 1 atom stereocenters. The van der Waals surface area contributed by atoms with Gasteiger partial charge in [0.1, 0.15) is 0 Å². The van der Waals surface area contributed by atoms with Crippen LogP contribution < -0.4 is 5.32 Å². The van der Waals surface area contributed by atoms with E-state index in [9.17, 15) is 9.90 Å². The van der Waals surface area contributed by atoms with Crippen molar-refractivity contribution in [3.8, 4) is 12.3 Å². The van der Waals surface area contributed by atoms with Crippen molar-refractivity contribution in [3.63, 3.8) is 0 Å². The summed E-state index contributed by atoms with van der Waals surface area (Å²) in [4.78, 5) is 12.2. The summed E-state index contributed by atoms with van der Waals surface area (Å²) < 4.78 is 0. The molecular formula is C15H19NO2S. The lowest BCUT2D eigenvalue weighted by Crippen LogP contribution is -2.24. The third-order valence-electron chi connectivity index (χ3n) is 2.70. The Kier molecular flexibility index (Phi) is 5.78. The number of hydrogen-bond donors (Lipinski definition) is 2. The maximum atomic E-state index is 11.5. The van der Waals surface area contributed by atoms with Crippen molar-refractivity contribution in [3.05, 3.63) is 23.8 Å². The van der Waals surface area contributed by atoms with Crippen molar-refractivity contribution >= 4 is 23.4 Å². The Morgan fingerprint density at radius 1 is 1.53 bits per heavy atom. The summed E-state index contributed by atoms with van der Waals surface area (Å²) in [7, 11) is 0. The molecule has 0 bridgehead atoms. The Morgan fingerprint density at radius 2 is 2.21 bits per heavy atom. The molecule has 0 aliphatic carbocycles. The van der Waals surface area contributed by atoms with Gasteiger partial charge >= 0.3 is 5.97 Å². The summed E-state index contributed by atoms with van der Waals surface area (Å²) >= 11 is 1.51. The minimum absolute atomic E-state index is 0.181. The van der Waals surface area contributed by atoms with Crippen molar-refractivity contribution in [1.29, 1.82) is 0 Å². The molecule has 4 heteroatoms. The third-order valence-corrected chi connectivity index (χ3v) is 3.64. The number of carbonyl (C=O) groups is 1. The van der Waals surface area contributed by atoms with Gasteiger partial charge < -0.3 is 10.4 Å². The zero-order chi connectivity index (χ0) is 14.4. The SMILES string of the molecule is C#CC(Nc1cccc(SCC)c1C(=O)O)C(C)C. The van der Waals surface area contributed by atoms with Gasteiger partial charge in [-0.1, -0.05) is 32.8 Å². The first-order chi connectivity index (χ1) is 9.01. The molecule has 0 aromatic heterocycles. The van der Waals surface area contributed by atoms with Crippen molar-refractivity contribution in [1.82, 2.24) is 0 Å². The summed E-state index contributed by atoms with van der Waals surface area (Å²) in [6, 6.07) is 5.25. The van der Waals surface area contributed by atoms with E-state index in [1.54, 1.807) is 6.07 Å². The molecule has 0 spiro atoms. The minimum Gasteiger partial charge on any atom is -0.478 e. The number of rotatable bonds is 6. The molecule has 2 N–H and O–H groups in total. The fourth-order valence-electron chi connectivity index (χ4n) is 1.72. The van der Waals surface area contributed by atoms with Crippen molar-refractivity contribution in [2.75, 3.05) is 11.1 Å². The van der Waals surface area contributed by atoms with Gasteiger partial charge in [0, 0.05) is 4.90 Å². The molecule has 3 nitrogen and oxygen atoms in total. The third kappa shape index (κ3) is 3.93. The Hall–Kier alpha value is -1.60. The van der Waals surface area contributed by atoms with E-state index in [4.69, 9.17) is 6.42 Å². The van der Waals surface area contributed by atoms with Crippen LogP contribution in [0.3, 0.4) is 0 Å². The van der Waals surface area contributed by atoms with Gasteiger partial charge in [0.15, 0.2) is 0 Å². The van der Waals surface area contributed by atoms with Gasteiger partial charge in [-0.15, -0.1) is 18.2 Å². The number of thioether (sulfide) groups is 1. The Balaban J connectivity index is 3.16. The predicted octanol–water partition coefficient (Wildman–Crippen LogP) is 3.57. The number of terminal acetylenes is 1. The second-order valence-corrected chi connectivity index (χ2v) is 5.76. The number of hydrogen-bond acceptors (Lipinski definition) is 3.